The highest BCUT2D eigenvalue weighted by Gasteiger charge is 2.24. The standard InChI is InChI=1S/C27H20FN5O/c1-15-31-24-9-8-20(13-25(24)32-15)33-27(29)22(14-30-33)26(34)19-10-16-6-7-17(11-18(16)12-19)21-4-2-3-5-23(21)28/h2-9,11-14H,10,29H2,1H3,(H,31,32). The first-order valence-corrected chi connectivity index (χ1v) is 10.9. The molecular formula is C27H20FN5O. The van der Waals surface area contributed by atoms with Gasteiger partial charge in [0.05, 0.1) is 28.5 Å². The Labute approximate surface area is 194 Å². The second-order valence-corrected chi connectivity index (χ2v) is 8.45. The minimum Gasteiger partial charge on any atom is -0.383 e. The van der Waals surface area contributed by atoms with E-state index < -0.39 is 0 Å². The fraction of sp³-hybridized carbons (Fsp3) is 0.0741. The molecule has 0 spiro atoms. The Morgan fingerprint density at radius 3 is 2.82 bits per heavy atom. The third-order valence-electron chi connectivity index (χ3n) is 6.21. The zero-order valence-electron chi connectivity index (χ0n) is 18.3. The monoisotopic (exact) mass is 449 g/mol. The van der Waals surface area contributed by atoms with E-state index >= 15 is 0 Å². The molecule has 6 nitrogen and oxygen atoms in total. The van der Waals surface area contributed by atoms with Crippen molar-refractivity contribution < 1.29 is 9.18 Å². The van der Waals surface area contributed by atoms with Gasteiger partial charge < -0.3 is 10.7 Å². The summed E-state index contributed by atoms with van der Waals surface area (Å²) < 4.78 is 15.8. The van der Waals surface area contributed by atoms with Crippen LogP contribution in [-0.2, 0) is 6.42 Å². The van der Waals surface area contributed by atoms with Crippen LogP contribution < -0.4 is 5.73 Å². The Morgan fingerprint density at radius 2 is 1.97 bits per heavy atom. The molecule has 0 saturated carbocycles. The number of H-pyrrole nitrogens is 1. The fourth-order valence-corrected chi connectivity index (χ4v) is 4.51. The van der Waals surface area contributed by atoms with Crippen molar-refractivity contribution in [3.8, 4) is 16.8 Å². The second-order valence-electron chi connectivity index (χ2n) is 8.45. The fourth-order valence-electron chi connectivity index (χ4n) is 4.51. The van der Waals surface area contributed by atoms with Crippen LogP contribution >= 0.6 is 0 Å². The van der Waals surface area contributed by atoms with Crippen molar-refractivity contribution in [3.05, 3.63) is 101 Å². The Morgan fingerprint density at radius 1 is 1.12 bits per heavy atom. The summed E-state index contributed by atoms with van der Waals surface area (Å²) in [5, 5.41) is 4.37. The van der Waals surface area contributed by atoms with Crippen molar-refractivity contribution in [1.82, 2.24) is 19.7 Å². The number of nitrogens with two attached hydrogens (primary N) is 1. The van der Waals surface area contributed by atoms with Crippen LogP contribution in [0.2, 0.25) is 0 Å². The van der Waals surface area contributed by atoms with Crippen LogP contribution in [0.15, 0.2) is 72.4 Å². The van der Waals surface area contributed by atoms with Gasteiger partial charge in [0.25, 0.3) is 0 Å². The summed E-state index contributed by atoms with van der Waals surface area (Å²) in [7, 11) is 0. The molecule has 6 rings (SSSR count). The van der Waals surface area contributed by atoms with E-state index in [9.17, 15) is 9.18 Å². The zero-order valence-corrected chi connectivity index (χ0v) is 18.3. The summed E-state index contributed by atoms with van der Waals surface area (Å²) in [6.07, 6.45) is 3.86. The van der Waals surface area contributed by atoms with Gasteiger partial charge >= 0.3 is 0 Å². The molecule has 0 bridgehead atoms. The highest BCUT2D eigenvalue weighted by molar-refractivity contribution is 6.15. The number of halogens is 1. The number of aryl methyl sites for hydroxylation is 1. The van der Waals surface area contributed by atoms with Crippen molar-refractivity contribution in [1.29, 1.82) is 0 Å². The topological polar surface area (TPSA) is 89.6 Å². The first-order valence-electron chi connectivity index (χ1n) is 10.9. The Balaban J connectivity index is 1.31. The normalized spacial score (nSPS) is 12.7. The summed E-state index contributed by atoms with van der Waals surface area (Å²) in [5.74, 6) is 0.669. The van der Waals surface area contributed by atoms with E-state index in [1.807, 2.05) is 55.5 Å². The molecule has 166 valence electrons. The minimum absolute atomic E-state index is 0.161. The van der Waals surface area contributed by atoms with Crippen LogP contribution in [0.3, 0.4) is 0 Å². The summed E-state index contributed by atoms with van der Waals surface area (Å²) in [5.41, 5.74) is 13.1. The number of imidazole rings is 1. The Hall–Kier alpha value is -4.52. The van der Waals surface area contributed by atoms with Crippen LogP contribution in [0.25, 0.3) is 33.9 Å². The Bertz CT molecular complexity index is 1640. The van der Waals surface area contributed by atoms with Crippen LogP contribution in [-0.4, -0.2) is 25.5 Å². The van der Waals surface area contributed by atoms with Crippen molar-refractivity contribution in [3.63, 3.8) is 0 Å². The van der Waals surface area contributed by atoms with Gasteiger partial charge in [0, 0.05) is 17.6 Å². The van der Waals surface area contributed by atoms with E-state index in [1.54, 1.807) is 16.8 Å². The zero-order chi connectivity index (χ0) is 23.4. The van der Waals surface area contributed by atoms with Gasteiger partial charge in [-0.25, -0.2) is 14.1 Å². The highest BCUT2D eigenvalue weighted by atomic mass is 19.1. The van der Waals surface area contributed by atoms with Crippen molar-refractivity contribution >= 4 is 28.7 Å². The van der Waals surface area contributed by atoms with Gasteiger partial charge in [-0.15, -0.1) is 0 Å². The van der Waals surface area contributed by atoms with Crippen LogP contribution in [0.1, 0.15) is 27.3 Å². The lowest BCUT2D eigenvalue weighted by Crippen LogP contribution is -2.08. The van der Waals surface area contributed by atoms with E-state index in [-0.39, 0.29) is 17.4 Å². The number of ketones is 1. The summed E-state index contributed by atoms with van der Waals surface area (Å²) in [6.45, 7) is 1.89. The number of Topliss-reactive ketones (excluding diaryl/α,β-unsaturated/α-hetero) is 1. The maximum atomic E-state index is 14.2. The number of nitrogens with zero attached hydrogens (tertiary/aromatic N) is 3. The number of rotatable bonds is 4. The van der Waals surface area contributed by atoms with E-state index in [4.69, 9.17) is 5.73 Å². The summed E-state index contributed by atoms with van der Waals surface area (Å²) in [6, 6.07) is 18.1. The molecule has 5 aromatic rings. The number of nitrogen functional groups attached to an aromatic ring is 1. The number of carbonyl (C=O) groups is 1. The molecule has 2 aromatic heterocycles. The first kappa shape index (κ1) is 20.1. The smallest absolute Gasteiger partial charge is 0.194 e. The van der Waals surface area contributed by atoms with Gasteiger partial charge in [0.1, 0.15) is 17.5 Å². The van der Waals surface area contributed by atoms with Crippen LogP contribution in [0.4, 0.5) is 10.2 Å². The quantitative estimate of drug-likeness (QED) is 0.366. The molecule has 7 heteroatoms. The Kier molecular flexibility index (Phi) is 4.45. The molecular weight excluding hydrogens is 429 g/mol. The number of anilines is 1. The molecule has 0 aliphatic heterocycles. The largest absolute Gasteiger partial charge is 0.383 e. The maximum Gasteiger partial charge on any atom is 0.194 e. The van der Waals surface area contributed by atoms with Crippen LogP contribution in [0, 0.1) is 12.7 Å². The summed E-state index contributed by atoms with van der Waals surface area (Å²) >= 11 is 0. The van der Waals surface area contributed by atoms with E-state index in [2.05, 4.69) is 15.1 Å². The van der Waals surface area contributed by atoms with Crippen LogP contribution in [0.5, 0.6) is 0 Å². The van der Waals surface area contributed by atoms with E-state index in [0.29, 0.717) is 23.1 Å². The molecule has 1 aliphatic rings. The SMILES string of the molecule is Cc1nc2ccc(-n3ncc(C(=O)C4=Cc5cc(-c6ccccc6F)ccc5C4)c3N)cc2[nH]1. The van der Waals surface area contributed by atoms with E-state index in [1.165, 1.54) is 12.3 Å². The highest BCUT2D eigenvalue weighted by Crippen LogP contribution is 2.33. The number of fused-ring (bicyclic) bond motifs is 2. The third kappa shape index (κ3) is 3.21. The average molecular weight is 449 g/mol. The summed E-state index contributed by atoms with van der Waals surface area (Å²) in [4.78, 5) is 20.9. The van der Waals surface area contributed by atoms with Crippen molar-refractivity contribution in [2.75, 3.05) is 5.73 Å². The molecule has 0 unspecified atom stereocenters. The van der Waals surface area contributed by atoms with E-state index in [0.717, 1.165) is 39.2 Å². The molecule has 0 saturated heterocycles. The molecule has 2 heterocycles. The molecule has 3 N–H and O–H groups in total. The van der Waals surface area contributed by atoms with Gasteiger partial charge in [-0.3, -0.25) is 4.79 Å². The second kappa shape index (κ2) is 7.52. The van der Waals surface area contributed by atoms with Crippen molar-refractivity contribution in [2.24, 2.45) is 0 Å². The molecule has 1 aliphatic carbocycles. The van der Waals surface area contributed by atoms with Gasteiger partial charge in [-0.2, -0.15) is 5.10 Å². The number of allylic oxidation sites excluding steroid dienone is 1. The molecule has 0 amide bonds. The lowest BCUT2D eigenvalue weighted by atomic mass is 10.00. The number of carbonyl (C=O) groups excluding carboxylic acids is 1. The first-order chi connectivity index (χ1) is 16.5. The number of hydrogen-bond acceptors (Lipinski definition) is 4. The molecule has 3 aromatic carbocycles. The third-order valence-corrected chi connectivity index (χ3v) is 6.21. The number of aromatic nitrogens is 4. The lowest BCUT2D eigenvalue weighted by molar-refractivity contribution is 0.103. The predicted octanol–water partition coefficient (Wildman–Crippen LogP) is 5.27. The average Bonchev–Trinajstić information content (AvgIpc) is 3.53. The number of benzene rings is 3. The minimum atomic E-state index is -0.274. The van der Waals surface area contributed by atoms with Gasteiger partial charge in [-0.1, -0.05) is 30.3 Å². The predicted molar refractivity (Wildman–Crippen MR) is 130 cm³/mol. The van der Waals surface area contributed by atoms with Crippen molar-refractivity contribution in [2.45, 2.75) is 13.3 Å². The molecule has 0 atom stereocenters. The van der Waals surface area contributed by atoms with Gasteiger partial charge in [0.15, 0.2) is 5.78 Å². The molecule has 34 heavy (non-hydrogen) atoms. The number of nitrogens with one attached hydrogen (secondary N) is 1. The molecule has 0 fully saturated rings. The van der Waals surface area contributed by atoms with Gasteiger partial charge in [0.2, 0.25) is 0 Å². The molecule has 0 radical (unpaired) electrons. The number of hydrogen-bond donors (Lipinski definition) is 2. The lowest BCUT2D eigenvalue weighted by Gasteiger charge is -2.06. The maximum absolute atomic E-state index is 14.2. The number of aromatic amines is 1. The van der Waals surface area contributed by atoms with Gasteiger partial charge in [-0.05, 0) is 60.0 Å².